The van der Waals surface area contributed by atoms with Crippen LogP contribution >= 0.6 is 68.4 Å². The first kappa shape index (κ1) is 11.9. The zero-order chi connectivity index (χ0) is 11.0. The summed E-state index contributed by atoms with van der Waals surface area (Å²) in [7, 11) is 0. The molecule has 0 aliphatic rings. The lowest BCUT2D eigenvalue weighted by molar-refractivity contribution is 0.970. The van der Waals surface area contributed by atoms with Crippen LogP contribution in [0.1, 0.15) is 0 Å². The molecule has 0 aliphatic heterocycles. The van der Waals surface area contributed by atoms with Crippen molar-refractivity contribution in [2.24, 2.45) is 0 Å². The highest BCUT2D eigenvalue weighted by Crippen LogP contribution is 2.24. The van der Waals surface area contributed by atoms with Crippen LogP contribution in [0, 0.1) is 7.40 Å². The smallest absolute Gasteiger partial charge is 0.157 e. The molecule has 0 spiro atoms. The molecule has 0 radical (unpaired) electrons. The summed E-state index contributed by atoms with van der Waals surface area (Å²) >= 11 is 16.2. The van der Waals surface area contributed by atoms with Gasteiger partial charge < -0.3 is 0 Å². The molecule has 2 heterocycles. The molecule has 0 saturated heterocycles. The summed E-state index contributed by atoms with van der Waals surface area (Å²) in [5.41, 5.74) is 0. The van der Waals surface area contributed by atoms with Crippen molar-refractivity contribution >= 4 is 68.4 Å². The quantitative estimate of drug-likeness (QED) is 0.600. The van der Waals surface area contributed by atoms with Crippen molar-refractivity contribution in [3.8, 4) is 5.82 Å². The molecular formula is C8H3Cl2I2N3. The van der Waals surface area contributed by atoms with Gasteiger partial charge in [0.05, 0.1) is 10.0 Å². The summed E-state index contributed by atoms with van der Waals surface area (Å²) in [6.45, 7) is 0. The Bertz CT molecular complexity index is 513. The topological polar surface area (TPSA) is 30.7 Å². The van der Waals surface area contributed by atoms with Crippen molar-refractivity contribution in [3.63, 3.8) is 0 Å². The van der Waals surface area contributed by atoms with Gasteiger partial charge in [-0.1, -0.05) is 23.2 Å². The average molecular weight is 466 g/mol. The number of nitrogens with zero attached hydrogens (tertiary/aromatic N) is 3. The Balaban J connectivity index is 2.59. The Kier molecular flexibility index (Phi) is 3.74. The molecule has 0 saturated carbocycles. The third kappa shape index (κ3) is 2.40. The van der Waals surface area contributed by atoms with E-state index in [0.717, 1.165) is 7.40 Å². The van der Waals surface area contributed by atoms with Crippen LogP contribution in [0.4, 0.5) is 0 Å². The largest absolute Gasteiger partial charge is 0.276 e. The molecule has 0 bridgehead atoms. The lowest BCUT2D eigenvalue weighted by atomic mass is 10.4. The van der Waals surface area contributed by atoms with Crippen LogP contribution in [0.3, 0.4) is 0 Å². The lowest BCUT2D eigenvalue weighted by Crippen LogP contribution is -1.99. The van der Waals surface area contributed by atoms with Gasteiger partial charge in [-0.3, -0.25) is 4.57 Å². The maximum absolute atomic E-state index is 6.04. The van der Waals surface area contributed by atoms with E-state index in [-0.39, 0.29) is 0 Å². The van der Waals surface area contributed by atoms with E-state index in [1.54, 1.807) is 18.6 Å². The fourth-order valence-electron chi connectivity index (χ4n) is 1.04. The number of pyridine rings is 1. The van der Waals surface area contributed by atoms with Gasteiger partial charge in [0, 0.05) is 6.20 Å². The van der Waals surface area contributed by atoms with Gasteiger partial charge in [0.25, 0.3) is 0 Å². The Labute approximate surface area is 123 Å². The molecule has 3 nitrogen and oxygen atoms in total. The zero-order valence-corrected chi connectivity index (χ0v) is 12.9. The van der Waals surface area contributed by atoms with E-state index in [2.05, 4.69) is 55.1 Å². The lowest BCUT2D eigenvalue weighted by Gasteiger charge is -2.05. The molecule has 2 rings (SSSR count). The van der Waals surface area contributed by atoms with Crippen molar-refractivity contribution in [2.75, 3.05) is 0 Å². The second-order valence-corrected chi connectivity index (χ2v) is 5.54. The highest BCUT2D eigenvalue weighted by atomic mass is 127. The van der Waals surface area contributed by atoms with Gasteiger partial charge in [-0.15, -0.1) is 0 Å². The summed E-state index contributed by atoms with van der Waals surface area (Å²) in [4.78, 5) is 8.34. The SMILES string of the molecule is Clc1cnc(-n2cnc(I)c2I)c(Cl)c1. The number of aromatic nitrogens is 3. The van der Waals surface area contributed by atoms with Crippen molar-refractivity contribution in [1.29, 1.82) is 0 Å². The predicted octanol–water partition coefficient (Wildman–Crippen LogP) is 3.78. The molecule has 0 N–H and O–H groups in total. The first-order valence-electron chi connectivity index (χ1n) is 3.79. The molecule has 78 valence electrons. The van der Waals surface area contributed by atoms with Crippen LogP contribution < -0.4 is 0 Å². The number of hydrogen-bond donors (Lipinski definition) is 0. The van der Waals surface area contributed by atoms with Crippen molar-refractivity contribution in [3.05, 3.63) is 36.0 Å². The first-order chi connectivity index (χ1) is 7.09. The molecule has 0 atom stereocenters. The Hall–Kier alpha value is 0.400. The minimum absolute atomic E-state index is 0.509. The summed E-state index contributed by atoms with van der Waals surface area (Å²) in [5, 5.41) is 1.03. The number of hydrogen-bond acceptors (Lipinski definition) is 2. The van der Waals surface area contributed by atoms with E-state index in [9.17, 15) is 0 Å². The molecule has 0 unspecified atom stereocenters. The normalized spacial score (nSPS) is 10.7. The second kappa shape index (κ2) is 4.72. The van der Waals surface area contributed by atoms with Gasteiger partial charge in [-0.05, 0) is 51.2 Å². The van der Waals surface area contributed by atoms with Gasteiger partial charge in [-0.25, -0.2) is 9.97 Å². The fraction of sp³-hybridized carbons (Fsp3) is 0. The minimum atomic E-state index is 0.509. The van der Waals surface area contributed by atoms with Crippen LogP contribution in [0.15, 0.2) is 18.6 Å². The summed E-state index contributed by atoms with van der Waals surface area (Å²) in [5.74, 6) is 0.640. The molecule has 0 fully saturated rings. The van der Waals surface area contributed by atoms with Crippen LogP contribution in [0.25, 0.3) is 5.82 Å². The van der Waals surface area contributed by atoms with Gasteiger partial charge in [-0.2, -0.15) is 0 Å². The van der Waals surface area contributed by atoms with Gasteiger partial charge in [0.1, 0.15) is 13.7 Å². The molecular weight excluding hydrogens is 463 g/mol. The summed E-state index contributed by atoms with van der Waals surface area (Å²) in [6.07, 6.45) is 3.25. The fourth-order valence-corrected chi connectivity index (χ4v) is 2.39. The van der Waals surface area contributed by atoms with E-state index >= 15 is 0 Å². The van der Waals surface area contributed by atoms with Gasteiger partial charge in [0.2, 0.25) is 0 Å². The average Bonchev–Trinajstić information content (AvgIpc) is 2.49. The molecule has 0 aromatic carbocycles. The van der Waals surface area contributed by atoms with Gasteiger partial charge >= 0.3 is 0 Å². The van der Waals surface area contributed by atoms with Crippen LogP contribution in [0.2, 0.25) is 10.0 Å². The van der Waals surface area contributed by atoms with E-state index in [1.165, 1.54) is 0 Å². The molecule has 2 aromatic rings. The van der Waals surface area contributed by atoms with Crippen molar-refractivity contribution in [1.82, 2.24) is 14.5 Å². The first-order valence-corrected chi connectivity index (χ1v) is 6.70. The molecule has 2 aromatic heterocycles. The molecule has 7 heteroatoms. The van der Waals surface area contributed by atoms with E-state index in [1.807, 2.05) is 4.57 Å². The highest BCUT2D eigenvalue weighted by Gasteiger charge is 2.11. The third-order valence-electron chi connectivity index (χ3n) is 1.68. The maximum Gasteiger partial charge on any atom is 0.157 e. The Morgan fingerprint density at radius 3 is 2.47 bits per heavy atom. The third-order valence-corrected chi connectivity index (χ3v) is 5.02. The molecule has 0 aliphatic carbocycles. The van der Waals surface area contributed by atoms with Crippen molar-refractivity contribution in [2.45, 2.75) is 0 Å². The predicted molar refractivity (Wildman–Crippen MR) is 76.8 cm³/mol. The van der Waals surface area contributed by atoms with Crippen LogP contribution in [-0.2, 0) is 0 Å². The Morgan fingerprint density at radius 1 is 1.20 bits per heavy atom. The minimum Gasteiger partial charge on any atom is -0.276 e. The molecule has 15 heavy (non-hydrogen) atoms. The van der Waals surface area contributed by atoms with Crippen LogP contribution in [-0.4, -0.2) is 14.5 Å². The highest BCUT2D eigenvalue weighted by molar-refractivity contribution is 14.1. The van der Waals surface area contributed by atoms with E-state index in [4.69, 9.17) is 23.2 Å². The number of halogens is 4. The Morgan fingerprint density at radius 2 is 1.93 bits per heavy atom. The standard InChI is InChI=1S/C8H3Cl2I2N3/c9-4-1-5(10)8(13-2-4)15-3-14-6(11)7(15)12/h1-3H. The number of imidazole rings is 1. The number of rotatable bonds is 1. The van der Waals surface area contributed by atoms with E-state index in [0.29, 0.717) is 15.9 Å². The molecule has 0 amide bonds. The van der Waals surface area contributed by atoms with Crippen molar-refractivity contribution < 1.29 is 0 Å². The summed E-state index contributed by atoms with van der Waals surface area (Å²) < 4.78 is 3.71. The second-order valence-electron chi connectivity index (χ2n) is 2.66. The maximum atomic E-state index is 6.04. The van der Waals surface area contributed by atoms with Gasteiger partial charge in [0.15, 0.2) is 5.82 Å². The monoisotopic (exact) mass is 465 g/mol. The summed E-state index contributed by atoms with van der Waals surface area (Å²) in [6, 6.07) is 1.66. The zero-order valence-electron chi connectivity index (χ0n) is 7.09. The van der Waals surface area contributed by atoms with E-state index < -0.39 is 0 Å². The van der Waals surface area contributed by atoms with Crippen LogP contribution in [0.5, 0.6) is 0 Å².